The maximum absolute atomic E-state index is 12.5. The molecule has 5 nitrogen and oxygen atoms in total. The van der Waals surface area contributed by atoms with Crippen LogP contribution in [0.4, 0.5) is 5.69 Å². The van der Waals surface area contributed by atoms with E-state index in [2.05, 4.69) is 18.3 Å². The van der Waals surface area contributed by atoms with Gasteiger partial charge in [0.25, 0.3) is 0 Å². The molecule has 3 rings (SSSR count). The van der Waals surface area contributed by atoms with Crippen LogP contribution in [0.3, 0.4) is 0 Å². The fourth-order valence-electron chi connectivity index (χ4n) is 3.63. The summed E-state index contributed by atoms with van der Waals surface area (Å²) >= 11 is 0. The summed E-state index contributed by atoms with van der Waals surface area (Å²) in [6.45, 7) is 4.49. The quantitative estimate of drug-likeness (QED) is 0.827. The summed E-state index contributed by atoms with van der Waals surface area (Å²) in [4.78, 5) is 25.8. The zero-order valence-electron chi connectivity index (χ0n) is 15.1. The average molecular weight is 344 g/mol. The lowest BCUT2D eigenvalue weighted by atomic mass is 10.0. The monoisotopic (exact) mass is 344 g/mol. The second-order valence-corrected chi connectivity index (χ2v) is 7.04. The first-order valence-electron chi connectivity index (χ1n) is 9.46. The Hall–Kier alpha value is -1.88. The van der Waals surface area contributed by atoms with Crippen LogP contribution in [0.5, 0.6) is 0 Å². The highest BCUT2D eigenvalue weighted by Gasteiger charge is 2.23. The van der Waals surface area contributed by atoms with Crippen molar-refractivity contribution in [1.29, 1.82) is 0 Å². The summed E-state index contributed by atoms with van der Waals surface area (Å²) in [5.74, 6) is 0.301. The molecule has 1 N–H and O–H groups in total. The summed E-state index contributed by atoms with van der Waals surface area (Å²) in [6, 6.07) is 6.11. The normalized spacial score (nSPS) is 19.6. The van der Waals surface area contributed by atoms with E-state index >= 15 is 0 Å². The fourth-order valence-corrected chi connectivity index (χ4v) is 3.63. The molecule has 2 amide bonds. The fraction of sp³-hybridized carbons (Fsp3) is 0.600. The summed E-state index contributed by atoms with van der Waals surface area (Å²) in [5.41, 5.74) is 3.20. The third-order valence-corrected chi connectivity index (χ3v) is 4.94. The molecule has 136 valence electrons. The summed E-state index contributed by atoms with van der Waals surface area (Å²) < 4.78 is 5.81. The van der Waals surface area contributed by atoms with Gasteiger partial charge in [-0.2, -0.15) is 0 Å². The minimum atomic E-state index is 0.0623. The van der Waals surface area contributed by atoms with Crippen molar-refractivity contribution < 1.29 is 14.3 Å². The minimum Gasteiger partial charge on any atom is -0.376 e. The van der Waals surface area contributed by atoms with Crippen LogP contribution in [0.15, 0.2) is 18.2 Å². The van der Waals surface area contributed by atoms with Crippen LogP contribution >= 0.6 is 0 Å². The van der Waals surface area contributed by atoms with Gasteiger partial charge in [0.15, 0.2) is 0 Å². The van der Waals surface area contributed by atoms with E-state index in [0.717, 1.165) is 63.1 Å². The lowest BCUT2D eigenvalue weighted by Gasteiger charge is -2.32. The first kappa shape index (κ1) is 17.9. The van der Waals surface area contributed by atoms with Gasteiger partial charge in [-0.05, 0) is 49.3 Å². The van der Waals surface area contributed by atoms with E-state index in [0.29, 0.717) is 12.8 Å². The van der Waals surface area contributed by atoms with Gasteiger partial charge in [0, 0.05) is 31.8 Å². The standard InChI is InChI=1S/C20H28N2O3/c1-2-11-25-17-6-4-10-22(14-17)20(24)7-3-5-15-8-9-18-16(12-15)13-19(23)21-18/h8-9,12,17H,2-7,10-11,13-14H2,1H3,(H,21,23). The predicted octanol–water partition coefficient (Wildman–Crippen LogP) is 2.92. The van der Waals surface area contributed by atoms with Crippen molar-refractivity contribution in [2.75, 3.05) is 25.0 Å². The zero-order chi connectivity index (χ0) is 17.6. The number of hydrogen-bond acceptors (Lipinski definition) is 3. The largest absolute Gasteiger partial charge is 0.376 e. The molecule has 1 fully saturated rings. The van der Waals surface area contributed by atoms with Crippen LogP contribution in [0.25, 0.3) is 0 Å². The van der Waals surface area contributed by atoms with Crippen LogP contribution in [-0.4, -0.2) is 42.5 Å². The number of amides is 2. The van der Waals surface area contributed by atoms with Gasteiger partial charge in [-0.1, -0.05) is 19.1 Å². The Balaban J connectivity index is 1.43. The van der Waals surface area contributed by atoms with Gasteiger partial charge in [0.2, 0.25) is 11.8 Å². The Bertz CT molecular complexity index is 629. The molecule has 0 spiro atoms. The molecule has 2 aliphatic rings. The van der Waals surface area contributed by atoms with Crippen molar-refractivity contribution in [2.45, 2.75) is 58.0 Å². The van der Waals surface area contributed by atoms with Crippen molar-refractivity contribution in [2.24, 2.45) is 0 Å². The highest BCUT2D eigenvalue weighted by Crippen LogP contribution is 2.24. The van der Waals surface area contributed by atoms with E-state index in [1.54, 1.807) is 0 Å². The maximum atomic E-state index is 12.5. The molecule has 25 heavy (non-hydrogen) atoms. The molecule has 2 heterocycles. The summed E-state index contributed by atoms with van der Waals surface area (Å²) in [6.07, 6.45) is 6.08. The number of likely N-dealkylation sites (tertiary alicyclic amines) is 1. The average Bonchev–Trinajstić information content (AvgIpc) is 2.99. The third kappa shape index (κ3) is 4.82. The number of rotatable bonds is 7. The lowest BCUT2D eigenvalue weighted by molar-refractivity contribution is -0.135. The van der Waals surface area contributed by atoms with Crippen LogP contribution < -0.4 is 5.32 Å². The van der Waals surface area contributed by atoms with Gasteiger partial charge in [-0.15, -0.1) is 0 Å². The number of hydrogen-bond donors (Lipinski definition) is 1. The molecular formula is C20H28N2O3. The Morgan fingerprint density at radius 2 is 2.28 bits per heavy atom. The molecule has 1 aromatic rings. The van der Waals surface area contributed by atoms with Crippen LogP contribution in [0, 0.1) is 0 Å². The summed E-state index contributed by atoms with van der Waals surface area (Å²) in [5, 5.41) is 2.85. The van der Waals surface area contributed by atoms with E-state index in [9.17, 15) is 9.59 Å². The smallest absolute Gasteiger partial charge is 0.228 e. The van der Waals surface area contributed by atoms with Crippen LogP contribution in [0.2, 0.25) is 0 Å². The van der Waals surface area contributed by atoms with E-state index < -0.39 is 0 Å². The SMILES string of the molecule is CCCOC1CCCN(C(=O)CCCc2ccc3c(c2)CC(=O)N3)C1. The van der Waals surface area contributed by atoms with Crippen molar-refractivity contribution in [3.63, 3.8) is 0 Å². The molecule has 1 aromatic carbocycles. The molecule has 1 unspecified atom stereocenters. The van der Waals surface area contributed by atoms with E-state index in [1.807, 2.05) is 17.0 Å². The molecule has 0 aliphatic carbocycles. The van der Waals surface area contributed by atoms with Gasteiger partial charge >= 0.3 is 0 Å². The summed E-state index contributed by atoms with van der Waals surface area (Å²) in [7, 11) is 0. The lowest BCUT2D eigenvalue weighted by Crippen LogP contribution is -2.43. The zero-order valence-corrected chi connectivity index (χ0v) is 15.1. The van der Waals surface area contributed by atoms with Gasteiger partial charge in [-0.25, -0.2) is 0 Å². The van der Waals surface area contributed by atoms with Gasteiger partial charge in [0.05, 0.1) is 12.5 Å². The Morgan fingerprint density at radius 3 is 3.12 bits per heavy atom. The molecular weight excluding hydrogens is 316 g/mol. The molecule has 0 bridgehead atoms. The molecule has 1 saturated heterocycles. The van der Waals surface area contributed by atoms with Gasteiger partial charge < -0.3 is 15.0 Å². The number of nitrogens with one attached hydrogen (secondary N) is 1. The molecule has 0 aromatic heterocycles. The van der Waals surface area contributed by atoms with Crippen molar-refractivity contribution in [3.8, 4) is 0 Å². The number of carbonyl (C=O) groups is 2. The molecule has 0 radical (unpaired) electrons. The number of ether oxygens (including phenoxy) is 1. The van der Waals surface area contributed by atoms with Crippen LogP contribution in [0.1, 0.15) is 50.2 Å². The van der Waals surface area contributed by atoms with E-state index in [1.165, 1.54) is 5.56 Å². The van der Waals surface area contributed by atoms with E-state index in [4.69, 9.17) is 4.74 Å². The molecule has 5 heteroatoms. The number of benzene rings is 1. The van der Waals surface area contributed by atoms with Gasteiger partial charge in [-0.3, -0.25) is 9.59 Å². The van der Waals surface area contributed by atoms with E-state index in [-0.39, 0.29) is 17.9 Å². The van der Waals surface area contributed by atoms with Crippen LogP contribution in [-0.2, 0) is 27.2 Å². The Labute approximate surface area is 149 Å². The maximum Gasteiger partial charge on any atom is 0.228 e. The highest BCUT2D eigenvalue weighted by atomic mass is 16.5. The number of anilines is 1. The predicted molar refractivity (Wildman–Crippen MR) is 97.6 cm³/mol. The highest BCUT2D eigenvalue weighted by molar-refractivity contribution is 5.99. The van der Waals surface area contributed by atoms with Crippen molar-refractivity contribution >= 4 is 17.5 Å². The second-order valence-electron chi connectivity index (χ2n) is 7.04. The molecule has 1 atom stereocenters. The molecule has 2 aliphatic heterocycles. The van der Waals surface area contributed by atoms with Crippen molar-refractivity contribution in [3.05, 3.63) is 29.3 Å². The molecule has 0 saturated carbocycles. The number of piperidine rings is 1. The Morgan fingerprint density at radius 1 is 1.40 bits per heavy atom. The second kappa shape index (κ2) is 8.48. The van der Waals surface area contributed by atoms with Crippen molar-refractivity contribution in [1.82, 2.24) is 4.90 Å². The first-order valence-corrected chi connectivity index (χ1v) is 9.46. The minimum absolute atomic E-state index is 0.0623. The number of carbonyl (C=O) groups excluding carboxylic acids is 2. The first-order chi connectivity index (χ1) is 12.2. The number of fused-ring (bicyclic) bond motifs is 1. The number of nitrogens with zero attached hydrogens (tertiary/aromatic N) is 1. The number of aryl methyl sites for hydroxylation is 1. The van der Waals surface area contributed by atoms with Gasteiger partial charge in [0.1, 0.15) is 0 Å². The topological polar surface area (TPSA) is 58.6 Å². The third-order valence-electron chi connectivity index (χ3n) is 4.94. The Kier molecular flexibility index (Phi) is 6.08.